The van der Waals surface area contributed by atoms with Crippen LogP contribution in [0.15, 0.2) is 60.7 Å². The van der Waals surface area contributed by atoms with Crippen molar-refractivity contribution in [1.82, 2.24) is 4.90 Å². The lowest BCUT2D eigenvalue weighted by molar-refractivity contribution is 0.0520. The van der Waals surface area contributed by atoms with Gasteiger partial charge in [-0.1, -0.05) is 69.2 Å². The molecule has 0 unspecified atom stereocenters. The summed E-state index contributed by atoms with van der Waals surface area (Å²) in [7, 11) is 0. The van der Waals surface area contributed by atoms with Gasteiger partial charge in [0.25, 0.3) is 11.8 Å². The molecule has 1 aliphatic rings. The summed E-state index contributed by atoms with van der Waals surface area (Å²) in [5.41, 5.74) is 2.10. The number of amides is 2. The number of nitrogens with zero attached hydrogens (tertiary/aromatic N) is 1. The van der Waals surface area contributed by atoms with Gasteiger partial charge in [-0.3, -0.25) is 19.3 Å². The van der Waals surface area contributed by atoms with Crippen LogP contribution >= 0.6 is 0 Å². The first-order valence-electron chi connectivity index (χ1n) is 10.6. The number of benzene rings is 3. The minimum Gasteiger partial charge on any atom is -0.289 e. The van der Waals surface area contributed by atoms with Crippen LogP contribution in [0.25, 0.3) is 10.8 Å². The Kier molecular flexibility index (Phi) is 5.49. The van der Waals surface area contributed by atoms with E-state index in [1.165, 1.54) is 4.90 Å². The van der Waals surface area contributed by atoms with Crippen molar-refractivity contribution in [3.8, 4) is 0 Å². The van der Waals surface area contributed by atoms with Crippen molar-refractivity contribution < 1.29 is 14.4 Å². The van der Waals surface area contributed by atoms with E-state index in [1.54, 1.807) is 36.4 Å². The minimum absolute atomic E-state index is 0.103. The van der Waals surface area contributed by atoms with Crippen LogP contribution < -0.4 is 0 Å². The van der Waals surface area contributed by atoms with Gasteiger partial charge in [0.05, 0.1) is 0 Å². The van der Waals surface area contributed by atoms with Crippen LogP contribution in [0.2, 0.25) is 0 Å². The van der Waals surface area contributed by atoms with Gasteiger partial charge in [0.2, 0.25) is 0 Å². The summed E-state index contributed by atoms with van der Waals surface area (Å²) >= 11 is 0. The second-order valence-electron chi connectivity index (χ2n) is 7.80. The van der Waals surface area contributed by atoms with Crippen molar-refractivity contribution in [1.29, 1.82) is 0 Å². The molecule has 0 saturated heterocycles. The second-order valence-corrected chi connectivity index (χ2v) is 7.80. The van der Waals surface area contributed by atoms with E-state index in [0.29, 0.717) is 33.0 Å². The first kappa shape index (κ1) is 20.0. The molecule has 0 spiro atoms. The molecule has 2 amide bonds. The van der Waals surface area contributed by atoms with Crippen molar-refractivity contribution in [2.45, 2.75) is 45.6 Å². The summed E-state index contributed by atoms with van der Waals surface area (Å²) in [6.07, 6.45) is 3.40. The summed E-state index contributed by atoms with van der Waals surface area (Å²) in [4.78, 5) is 41.3. The van der Waals surface area contributed by atoms with Crippen LogP contribution in [-0.2, 0) is 0 Å². The third-order valence-corrected chi connectivity index (χ3v) is 5.83. The zero-order valence-electron chi connectivity index (χ0n) is 17.4. The fraction of sp³-hybridized carbons (Fsp3) is 0.269. The van der Waals surface area contributed by atoms with Crippen LogP contribution in [0.4, 0.5) is 0 Å². The quantitative estimate of drug-likeness (QED) is 0.382. The first-order valence-corrected chi connectivity index (χ1v) is 10.6. The summed E-state index contributed by atoms with van der Waals surface area (Å²) in [5, 5.41) is 1.25. The molecule has 4 nitrogen and oxygen atoms in total. The van der Waals surface area contributed by atoms with Gasteiger partial charge in [-0.2, -0.15) is 0 Å². The molecule has 4 heteroatoms. The molecular formula is C26H25NO3. The standard InChI is InChI=1S/C26H25NO3/c1-3-9-18(10-4-2)27-25(29)21-14-8-13-19-20(15-16-22(23(19)21)26(27)30)24(28)17-11-6-5-7-12-17/h5-8,11-16,18H,3-4,9-10H2,1-2H3. The zero-order chi connectivity index (χ0) is 21.3. The number of carbonyl (C=O) groups excluding carboxylic acids is 3. The molecule has 0 atom stereocenters. The minimum atomic E-state index is -0.255. The predicted molar refractivity (Wildman–Crippen MR) is 118 cm³/mol. The van der Waals surface area contributed by atoms with Crippen molar-refractivity contribution in [2.24, 2.45) is 0 Å². The Hall–Kier alpha value is -3.27. The van der Waals surface area contributed by atoms with E-state index in [9.17, 15) is 14.4 Å². The Bertz CT molecular complexity index is 1110. The van der Waals surface area contributed by atoms with Gasteiger partial charge in [0, 0.05) is 33.7 Å². The van der Waals surface area contributed by atoms with Crippen LogP contribution in [0.3, 0.4) is 0 Å². The Morgan fingerprint density at radius 3 is 2.07 bits per heavy atom. The molecule has 0 fully saturated rings. The Morgan fingerprint density at radius 2 is 1.43 bits per heavy atom. The van der Waals surface area contributed by atoms with Crippen LogP contribution in [0.1, 0.15) is 76.2 Å². The smallest absolute Gasteiger partial charge is 0.261 e. The molecule has 0 aromatic heterocycles. The van der Waals surface area contributed by atoms with E-state index >= 15 is 0 Å². The van der Waals surface area contributed by atoms with E-state index < -0.39 is 0 Å². The van der Waals surface area contributed by atoms with Gasteiger partial charge in [-0.25, -0.2) is 0 Å². The molecule has 3 aromatic rings. The number of rotatable bonds is 7. The van der Waals surface area contributed by atoms with Crippen molar-refractivity contribution in [2.75, 3.05) is 0 Å². The highest BCUT2D eigenvalue weighted by molar-refractivity contribution is 6.28. The van der Waals surface area contributed by atoms with Crippen LogP contribution in [-0.4, -0.2) is 28.5 Å². The van der Waals surface area contributed by atoms with E-state index in [-0.39, 0.29) is 23.6 Å². The fourth-order valence-electron chi connectivity index (χ4n) is 4.46. The maximum absolute atomic E-state index is 13.4. The summed E-state index contributed by atoms with van der Waals surface area (Å²) in [5.74, 6) is -0.625. The average molecular weight is 399 g/mol. The lowest BCUT2D eigenvalue weighted by atomic mass is 9.88. The molecular weight excluding hydrogens is 374 g/mol. The fourth-order valence-corrected chi connectivity index (χ4v) is 4.46. The van der Waals surface area contributed by atoms with Crippen LogP contribution in [0, 0.1) is 0 Å². The molecule has 30 heavy (non-hydrogen) atoms. The number of imide groups is 1. The molecule has 4 rings (SSSR count). The highest BCUT2D eigenvalue weighted by Crippen LogP contribution is 2.35. The van der Waals surface area contributed by atoms with E-state index in [2.05, 4.69) is 13.8 Å². The van der Waals surface area contributed by atoms with Gasteiger partial charge in [0.1, 0.15) is 0 Å². The largest absolute Gasteiger partial charge is 0.289 e. The normalized spacial score (nSPS) is 13.4. The Morgan fingerprint density at radius 1 is 0.800 bits per heavy atom. The number of hydrogen-bond acceptors (Lipinski definition) is 3. The monoisotopic (exact) mass is 399 g/mol. The number of ketones is 1. The third kappa shape index (κ3) is 3.22. The Balaban J connectivity index is 1.86. The van der Waals surface area contributed by atoms with Gasteiger partial charge in [0.15, 0.2) is 5.78 Å². The number of carbonyl (C=O) groups is 3. The zero-order valence-corrected chi connectivity index (χ0v) is 17.4. The van der Waals surface area contributed by atoms with Crippen molar-refractivity contribution >= 4 is 28.4 Å². The maximum atomic E-state index is 13.4. The van der Waals surface area contributed by atoms with Gasteiger partial charge in [-0.15, -0.1) is 0 Å². The molecule has 1 heterocycles. The predicted octanol–water partition coefficient (Wildman–Crippen LogP) is 5.64. The summed E-state index contributed by atoms with van der Waals surface area (Å²) < 4.78 is 0. The van der Waals surface area contributed by atoms with Crippen LogP contribution in [0.5, 0.6) is 0 Å². The van der Waals surface area contributed by atoms with Gasteiger partial charge >= 0.3 is 0 Å². The van der Waals surface area contributed by atoms with E-state index in [0.717, 1.165) is 25.7 Å². The van der Waals surface area contributed by atoms with Crippen molar-refractivity contribution in [3.05, 3.63) is 82.9 Å². The van der Waals surface area contributed by atoms with E-state index in [1.807, 2.05) is 24.3 Å². The topological polar surface area (TPSA) is 54.5 Å². The molecule has 0 saturated carbocycles. The van der Waals surface area contributed by atoms with E-state index in [4.69, 9.17) is 0 Å². The highest BCUT2D eigenvalue weighted by atomic mass is 16.2. The molecule has 0 aliphatic carbocycles. The summed E-state index contributed by atoms with van der Waals surface area (Å²) in [6, 6.07) is 17.8. The number of hydrogen-bond donors (Lipinski definition) is 0. The van der Waals surface area contributed by atoms with Gasteiger partial charge in [-0.05, 0) is 36.4 Å². The molecule has 3 aromatic carbocycles. The average Bonchev–Trinajstić information content (AvgIpc) is 2.77. The maximum Gasteiger partial charge on any atom is 0.261 e. The Labute approximate surface area is 176 Å². The first-order chi connectivity index (χ1) is 14.6. The highest BCUT2D eigenvalue weighted by Gasteiger charge is 2.37. The molecule has 0 bridgehead atoms. The van der Waals surface area contributed by atoms with Gasteiger partial charge < -0.3 is 0 Å². The molecule has 1 aliphatic heterocycles. The third-order valence-electron chi connectivity index (χ3n) is 5.83. The molecule has 0 radical (unpaired) electrons. The molecule has 152 valence electrons. The summed E-state index contributed by atoms with van der Waals surface area (Å²) in [6.45, 7) is 4.13. The lowest BCUT2D eigenvalue weighted by Crippen LogP contribution is -2.47. The molecule has 0 N–H and O–H groups in total. The lowest BCUT2D eigenvalue weighted by Gasteiger charge is -2.34. The SMILES string of the molecule is CCCC(CCC)N1C(=O)c2cccc3c(C(=O)c4ccccc4)ccc(c23)C1=O. The second kappa shape index (κ2) is 8.23. The van der Waals surface area contributed by atoms with Crippen molar-refractivity contribution in [3.63, 3.8) is 0 Å².